The molecule has 0 saturated heterocycles. The smallest absolute Gasteiger partial charge is 0.0488 e. The van der Waals surface area contributed by atoms with Crippen LogP contribution in [0.2, 0.25) is 0 Å². The van der Waals surface area contributed by atoms with Crippen molar-refractivity contribution in [3.63, 3.8) is 0 Å². The van der Waals surface area contributed by atoms with Crippen LogP contribution < -0.4 is 4.90 Å². The Morgan fingerprint density at radius 3 is 2.24 bits per heavy atom. The summed E-state index contributed by atoms with van der Waals surface area (Å²) in [6.07, 6.45) is 7.95. The fourth-order valence-corrected chi connectivity index (χ4v) is 4.26. The summed E-state index contributed by atoms with van der Waals surface area (Å²) in [6, 6.07) is 17.5. The number of aryl methyl sites for hydroxylation is 1. The molecule has 2 heteroatoms. The summed E-state index contributed by atoms with van der Waals surface area (Å²) < 4.78 is 2.50. The lowest BCUT2D eigenvalue weighted by molar-refractivity contribution is 0.560. The van der Waals surface area contributed by atoms with E-state index in [0.29, 0.717) is 0 Å². The SMILES string of the molecule is C=C(c1ccc(N(C)C)cc1)c1c(C)n(CCCCCCCC)c2ccccc12. The number of rotatable bonds is 10. The molecule has 0 unspecified atom stereocenters. The highest BCUT2D eigenvalue weighted by molar-refractivity contribution is 5.98. The first kappa shape index (κ1) is 21.2. The van der Waals surface area contributed by atoms with Crippen LogP contribution in [0.5, 0.6) is 0 Å². The van der Waals surface area contributed by atoms with Gasteiger partial charge in [0.15, 0.2) is 0 Å². The average molecular weight is 389 g/mol. The van der Waals surface area contributed by atoms with Crippen molar-refractivity contribution in [3.8, 4) is 0 Å². The van der Waals surface area contributed by atoms with E-state index in [1.165, 1.54) is 71.9 Å². The van der Waals surface area contributed by atoms with Gasteiger partial charge in [-0.25, -0.2) is 0 Å². The summed E-state index contributed by atoms with van der Waals surface area (Å²) in [5, 5.41) is 1.32. The fraction of sp³-hybridized carbons (Fsp3) is 0.407. The largest absolute Gasteiger partial charge is 0.378 e. The van der Waals surface area contributed by atoms with Gasteiger partial charge in [0.2, 0.25) is 0 Å². The summed E-state index contributed by atoms with van der Waals surface area (Å²) in [5.74, 6) is 0. The maximum absolute atomic E-state index is 4.50. The second kappa shape index (κ2) is 9.82. The zero-order valence-corrected chi connectivity index (χ0v) is 18.7. The van der Waals surface area contributed by atoms with Crippen molar-refractivity contribution in [2.75, 3.05) is 19.0 Å². The van der Waals surface area contributed by atoms with Crippen molar-refractivity contribution in [3.05, 3.63) is 71.9 Å². The first-order valence-electron chi connectivity index (χ1n) is 11.1. The normalized spacial score (nSPS) is 11.2. The minimum Gasteiger partial charge on any atom is -0.378 e. The van der Waals surface area contributed by atoms with E-state index in [1.54, 1.807) is 0 Å². The summed E-state index contributed by atoms with van der Waals surface area (Å²) in [6.45, 7) is 10.1. The quantitative estimate of drug-likeness (QED) is 0.328. The lowest BCUT2D eigenvalue weighted by Crippen LogP contribution is -2.08. The van der Waals surface area contributed by atoms with Crippen LogP contribution in [0.15, 0.2) is 55.1 Å². The van der Waals surface area contributed by atoms with Crippen LogP contribution in [-0.4, -0.2) is 18.7 Å². The topological polar surface area (TPSA) is 8.17 Å². The molecule has 0 amide bonds. The van der Waals surface area contributed by atoms with Crippen LogP contribution >= 0.6 is 0 Å². The Kier molecular flexibility index (Phi) is 7.19. The van der Waals surface area contributed by atoms with Crippen LogP contribution in [-0.2, 0) is 6.54 Å². The van der Waals surface area contributed by atoms with Crippen molar-refractivity contribution >= 4 is 22.2 Å². The summed E-state index contributed by atoms with van der Waals surface area (Å²) in [5.41, 5.74) is 7.49. The highest BCUT2D eigenvalue weighted by Crippen LogP contribution is 2.34. The third-order valence-corrected chi connectivity index (χ3v) is 6.00. The molecule has 3 aromatic rings. The third kappa shape index (κ3) is 4.75. The molecule has 0 atom stereocenters. The molecule has 0 saturated carbocycles. The Balaban J connectivity index is 1.86. The van der Waals surface area contributed by atoms with Crippen LogP contribution in [0, 0.1) is 6.92 Å². The summed E-state index contributed by atoms with van der Waals surface area (Å²) in [7, 11) is 4.15. The molecule has 0 aliphatic carbocycles. The summed E-state index contributed by atoms with van der Waals surface area (Å²) >= 11 is 0. The molecule has 0 fully saturated rings. The van der Waals surface area contributed by atoms with Gasteiger partial charge in [0.05, 0.1) is 0 Å². The Morgan fingerprint density at radius 1 is 0.897 bits per heavy atom. The Hall–Kier alpha value is -2.48. The van der Waals surface area contributed by atoms with E-state index in [9.17, 15) is 0 Å². The van der Waals surface area contributed by atoms with Gasteiger partial charge in [0.1, 0.15) is 0 Å². The molecular weight excluding hydrogens is 352 g/mol. The molecule has 0 spiro atoms. The number of hydrogen-bond acceptors (Lipinski definition) is 1. The van der Waals surface area contributed by atoms with E-state index in [2.05, 4.69) is 92.5 Å². The highest BCUT2D eigenvalue weighted by Gasteiger charge is 2.17. The minimum absolute atomic E-state index is 1.09. The molecule has 29 heavy (non-hydrogen) atoms. The fourth-order valence-electron chi connectivity index (χ4n) is 4.26. The minimum atomic E-state index is 1.09. The van der Waals surface area contributed by atoms with Crippen molar-refractivity contribution in [1.29, 1.82) is 0 Å². The first-order valence-corrected chi connectivity index (χ1v) is 11.1. The molecular formula is C27H36N2. The van der Waals surface area contributed by atoms with Gasteiger partial charge in [-0.05, 0) is 42.7 Å². The Morgan fingerprint density at radius 2 is 1.55 bits per heavy atom. The van der Waals surface area contributed by atoms with Gasteiger partial charge in [-0.2, -0.15) is 0 Å². The second-order valence-corrected chi connectivity index (χ2v) is 8.32. The molecule has 0 N–H and O–H groups in total. The monoisotopic (exact) mass is 388 g/mol. The van der Waals surface area contributed by atoms with Gasteiger partial charge < -0.3 is 9.47 Å². The lowest BCUT2D eigenvalue weighted by atomic mass is 9.97. The Labute approximate surface area is 176 Å². The van der Waals surface area contributed by atoms with Crippen LogP contribution in [0.1, 0.15) is 62.3 Å². The van der Waals surface area contributed by atoms with E-state index in [4.69, 9.17) is 0 Å². The summed E-state index contributed by atoms with van der Waals surface area (Å²) in [4.78, 5) is 2.13. The van der Waals surface area contributed by atoms with Crippen LogP contribution in [0.25, 0.3) is 16.5 Å². The number of hydrogen-bond donors (Lipinski definition) is 0. The average Bonchev–Trinajstić information content (AvgIpc) is 3.01. The van der Waals surface area contributed by atoms with Gasteiger partial charge in [-0.15, -0.1) is 0 Å². The van der Waals surface area contributed by atoms with Crippen molar-refractivity contribution in [1.82, 2.24) is 4.57 Å². The molecule has 0 aliphatic rings. The maximum atomic E-state index is 4.50. The molecule has 0 radical (unpaired) electrons. The van der Waals surface area contributed by atoms with Gasteiger partial charge in [0, 0.05) is 48.5 Å². The molecule has 154 valence electrons. The Bertz CT molecular complexity index is 945. The number of aromatic nitrogens is 1. The van der Waals surface area contributed by atoms with Gasteiger partial charge in [0.25, 0.3) is 0 Å². The molecule has 3 rings (SSSR count). The number of benzene rings is 2. The third-order valence-electron chi connectivity index (χ3n) is 6.00. The van der Waals surface area contributed by atoms with E-state index in [1.807, 2.05) is 0 Å². The lowest BCUT2D eigenvalue weighted by Gasteiger charge is -2.14. The van der Waals surface area contributed by atoms with Gasteiger partial charge in [-0.3, -0.25) is 0 Å². The second-order valence-electron chi connectivity index (χ2n) is 8.32. The first-order chi connectivity index (χ1) is 14.0. The van der Waals surface area contributed by atoms with E-state index in [-0.39, 0.29) is 0 Å². The zero-order chi connectivity index (χ0) is 20.8. The number of unbranched alkanes of at least 4 members (excludes halogenated alkanes) is 5. The number of anilines is 1. The molecule has 1 heterocycles. The van der Waals surface area contributed by atoms with Crippen LogP contribution in [0.3, 0.4) is 0 Å². The number of fused-ring (bicyclic) bond motifs is 1. The predicted octanol–water partition coefficient (Wildman–Crippen LogP) is 7.44. The maximum Gasteiger partial charge on any atom is 0.0488 e. The van der Waals surface area contributed by atoms with E-state index < -0.39 is 0 Å². The molecule has 2 aromatic carbocycles. The zero-order valence-electron chi connectivity index (χ0n) is 18.7. The number of para-hydroxylation sites is 1. The predicted molar refractivity (Wildman–Crippen MR) is 129 cm³/mol. The van der Waals surface area contributed by atoms with Crippen molar-refractivity contribution < 1.29 is 0 Å². The molecule has 2 nitrogen and oxygen atoms in total. The number of nitrogens with zero attached hydrogens (tertiary/aromatic N) is 2. The standard InChI is InChI=1S/C27H36N2/c1-6-7-8-9-10-13-20-29-22(3)27(25-14-11-12-15-26(25)29)21(2)23-16-18-24(19-17-23)28(4)5/h11-12,14-19H,2,6-10,13,20H2,1,3-5H3. The van der Waals surface area contributed by atoms with Crippen LogP contribution in [0.4, 0.5) is 5.69 Å². The molecule has 0 aliphatic heterocycles. The van der Waals surface area contributed by atoms with Gasteiger partial charge in [-0.1, -0.05) is 75.9 Å². The molecule has 1 aromatic heterocycles. The van der Waals surface area contributed by atoms with E-state index >= 15 is 0 Å². The van der Waals surface area contributed by atoms with Crippen molar-refractivity contribution in [2.24, 2.45) is 0 Å². The molecule has 0 bridgehead atoms. The van der Waals surface area contributed by atoms with Crippen molar-refractivity contribution in [2.45, 2.75) is 58.9 Å². The van der Waals surface area contributed by atoms with E-state index in [0.717, 1.165) is 12.1 Å². The van der Waals surface area contributed by atoms with Gasteiger partial charge >= 0.3 is 0 Å². The highest BCUT2D eigenvalue weighted by atomic mass is 15.1.